The van der Waals surface area contributed by atoms with Gasteiger partial charge in [0.1, 0.15) is 29.0 Å². The Morgan fingerprint density at radius 2 is 1.68 bits per heavy atom. The number of rotatable bonds is 6. The van der Waals surface area contributed by atoms with Gasteiger partial charge in [-0.2, -0.15) is 0 Å². The van der Waals surface area contributed by atoms with Crippen molar-refractivity contribution in [3.05, 3.63) is 78.1 Å². The maximum absolute atomic E-state index is 13.7. The van der Waals surface area contributed by atoms with E-state index in [9.17, 15) is 13.6 Å². The van der Waals surface area contributed by atoms with Crippen molar-refractivity contribution in [2.75, 3.05) is 30.3 Å². The molecule has 0 saturated carbocycles. The van der Waals surface area contributed by atoms with Crippen molar-refractivity contribution in [3.63, 3.8) is 0 Å². The van der Waals surface area contributed by atoms with Crippen LogP contribution in [0, 0.1) is 11.6 Å². The molecule has 160 valence electrons. The Morgan fingerprint density at radius 3 is 2.39 bits per heavy atom. The van der Waals surface area contributed by atoms with Gasteiger partial charge in [-0.3, -0.25) is 4.79 Å². The lowest BCUT2D eigenvalue weighted by atomic mass is 9.93. The third-order valence-electron chi connectivity index (χ3n) is 5.34. The van der Waals surface area contributed by atoms with E-state index in [0.29, 0.717) is 13.1 Å². The van der Waals surface area contributed by atoms with E-state index in [1.807, 2.05) is 36.4 Å². The van der Waals surface area contributed by atoms with Crippen LogP contribution in [0.5, 0.6) is 0 Å². The summed E-state index contributed by atoms with van der Waals surface area (Å²) < 4.78 is 27.4. The Hall–Kier alpha value is -3.55. The Morgan fingerprint density at radius 1 is 0.968 bits per heavy atom. The monoisotopic (exact) mass is 423 g/mol. The quantitative estimate of drug-likeness (QED) is 0.618. The van der Waals surface area contributed by atoms with Crippen molar-refractivity contribution < 1.29 is 13.6 Å². The predicted molar refractivity (Wildman–Crippen MR) is 115 cm³/mol. The third kappa shape index (κ3) is 5.14. The number of piperidine rings is 1. The number of nitrogens with one attached hydrogen (secondary N) is 2. The molecule has 8 heteroatoms. The SMILES string of the molecule is O=C(CNc1c(F)cccc1F)N1CCC(c2cccc(Nc3ccccn3)n2)CC1. The average Bonchev–Trinajstić information content (AvgIpc) is 2.79. The average molecular weight is 423 g/mol. The normalized spacial score (nSPS) is 14.3. The van der Waals surface area contributed by atoms with Gasteiger partial charge in [0.25, 0.3) is 0 Å². The first kappa shape index (κ1) is 20.7. The number of carbonyl (C=O) groups excluding carboxylic acids is 1. The molecule has 0 spiro atoms. The number of para-hydroxylation sites is 1. The lowest BCUT2D eigenvalue weighted by Gasteiger charge is -2.32. The molecule has 1 saturated heterocycles. The maximum atomic E-state index is 13.7. The summed E-state index contributed by atoms with van der Waals surface area (Å²) in [5.74, 6) is 0.0943. The van der Waals surface area contributed by atoms with Crippen molar-refractivity contribution in [3.8, 4) is 0 Å². The first-order valence-corrected chi connectivity index (χ1v) is 10.2. The van der Waals surface area contributed by atoms with Gasteiger partial charge in [-0.15, -0.1) is 0 Å². The molecule has 1 aliphatic heterocycles. The van der Waals surface area contributed by atoms with Gasteiger partial charge in [-0.05, 0) is 49.2 Å². The highest BCUT2D eigenvalue weighted by molar-refractivity contribution is 5.81. The molecule has 0 unspecified atom stereocenters. The van der Waals surface area contributed by atoms with Gasteiger partial charge >= 0.3 is 0 Å². The summed E-state index contributed by atoms with van der Waals surface area (Å²) in [6.07, 6.45) is 3.27. The first-order valence-electron chi connectivity index (χ1n) is 10.2. The highest BCUT2D eigenvalue weighted by Crippen LogP contribution is 2.28. The second-order valence-corrected chi connectivity index (χ2v) is 7.39. The lowest BCUT2D eigenvalue weighted by Crippen LogP contribution is -2.41. The summed E-state index contributed by atoms with van der Waals surface area (Å²) in [4.78, 5) is 23.2. The fourth-order valence-corrected chi connectivity index (χ4v) is 3.68. The highest BCUT2D eigenvalue weighted by atomic mass is 19.1. The summed E-state index contributed by atoms with van der Waals surface area (Å²) in [7, 11) is 0. The zero-order chi connectivity index (χ0) is 21.6. The van der Waals surface area contributed by atoms with E-state index in [1.165, 1.54) is 6.07 Å². The third-order valence-corrected chi connectivity index (χ3v) is 5.34. The fraction of sp³-hybridized carbons (Fsp3) is 0.261. The molecule has 3 heterocycles. The van der Waals surface area contributed by atoms with E-state index in [2.05, 4.69) is 15.6 Å². The predicted octanol–water partition coefficient (Wildman–Crippen LogP) is 4.32. The van der Waals surface area contributed by atoms with Crippen molar-refractivity contribution in [1.82, 2.24) is 14.9 Å². The molecule has 0 atom stereocenters. The number of pyridine rings is 2. The van der Waals surface area contributed by atoms with Crippen LogP contribution in [0.1, 0.15) is 24.5 Å². The van der Waals surface area contributed by atoms with Gasteiger partial charge in [-0.25, -0.2) is 18.7 Å². The minimum Gasteiger partial charge on any atom is -0.371 e. The molecule has 0 bridgehead atoms. The molecule has 2 N–H and O–H groups in total. The van der Waals surface area contributed by atoms with Crippen LogP contribution in [-0.2, 0) is 4.79 Å². The number of anilines is 3. The lowest BCUT2D eigenvalue weighted by molar-refractivity contribution is -0.130. The molecule has 4 rings (SSSR count). The van der Waals surface area contributed by atoms with Crippen LogP contribution < -0.4 is 10.6 Å². The van der Waals surface area contributed by atoms with Crippen LogP contribution in [0.4, 0.5) is 26.1 Å². The second kappa shape index (κ2) is 9.51. The summed E-state index contributed by atoms with van der Waals surface area (Å²) >= 11 is 0. The van der Waals surface area contributed by atoms with Crippen LogP contribution in [-0.4, -0.2) is 40.4 Å². The zero-order valence-electron chi connectivity index (χ0n) is 16.9. The molecule has 3 aromatic rings. The molecular formula is C23H23F2N5O. The molecule has 1 fully saturated rings. The molecule has 1 aromatic carbocycles. The van der Waals surface area contributed by atoms with Gasteiger partial charge in [0.15, 0.2) is 0 Å². The Labute approximate surface area is 179 Å². The number of hydrogen-bond donors (Lipinski definition) is 2. The van der Waals surface area contributed by atoms with Crippen molar-refractivity contribution in [2.24, 2.45) is 0 Å². The van der Waals surface area contributed by atoms with Gasteiger partial charge in [0, 0.05) is 30.9 Å². The van der Waals surface area contributed by atoms with E-state index in [4.69, 9.17) is 4.98 Å². The van der Waals surface area contributed by atoms with Crippen molar-refractivity contribution >= 4 is 23.2 Å². The van der Waals surface area contributed by atoms with Crippen LogP contribution in [0.25, 0.3) is 0 Å². The number of nitrogens with zero attached hydrogens (tertiary/aromatic N) is 3. The van der Waals surface area contributed by atoms with Gasteiger partial charge in [0.2, 0.25) is 5.91 Å². The smallest absolute Gasteiger partial charge is 0.241 e. The first-order chi connectivity index (χ1) is 15.1. The molecule has 1 aliphatic rings. The van der Waals surface area contributed by atoms with Crippen LogP contribution in [0.15, 0.2) is 60.8 Å². The molecular weight excluding hydrogens is 400 g/mol. The molecule has 1 amide bonds. The zero-order valence-corrected chi connectivity index (χ0v) is 16.9. The summed E-state index contributed by atoms with van der Waals surface area (Å²) in [5, 5.41) is 5.78. The number of amides is 1. The number of benzene rings is 1. The van der Waals surface area contributed by atoms with E-state index < -0.39 is 11.6 Å². The number of hydrogen-bond acceptors (Lipinski definition) is 5. The number of likely N-dealkylation sites (tertiary alicyclic amines) is 1. The van der Waals surface area contributed by atoms with Crippen LogP contribution in [0.3, 0.4) is 0 Å². The van der Waals surface area contributed by atoms with Crippen LogP contribution in [0.2, 0.25) is 0 Å². The second-order valence-electron chi connectivity index (χ2n) is 7.39. The Bertz CT molecular complexity index is 1020. The van der Waals surface area contributed by atoms with Gasteiger partial charge in [-0.1, -0.05) is 18.2 Å². The molecule has 6 nitrogen and oxygen atoms in total. The van der Waals surface area contributed by atoms with Gasteiger partial charge < -0.3 is 15.5 Å². The molecule has 31 heavy (non-hydrogen) atoms. The van der Waals surface area contributed by atoms with E-state index in [1.54, 1.807) is 11.1 Å². The largest absolute Gasteiger partial charge is 0.371 e. The number of halogens is 2. The topological polar surface area (TPSA) is 70.2 Å². The summed E-state index contributed by atoms with van der Waals surface area (Å²) in [5.41, 5.74) is 0.701. The minimum atomic E-state index is -0.711. The Balaban J connectivity index is 1.31. The molecule has 0 radical (unpaired) electrons. The number of aromatic nitrogens is 2. The fourth-order valence-electron chi connectivity index (χ4n) is 3.68. The molecule has 2 aromatic heterocycles. The number of carbonyl (C=O) groups is 1. The van der Waals surface area contributed by atoms with Crippen molar-refractivity contribution in [2.45, 2.75) is 18.8 Å². The maximum Gasteiger partial charge on any atom is 0.241 e. The summed E-state index contributed by atoms with van der Waals surface area (Å²) in [6, 6.07) is 15.1. The van der Waals surface area contributed by atoms with E-state index in [-0.39, 0.29) is 24.1 Å². The minimum absolute atomic E-state index is 0.149. The van der Waals surface area contributed by atoms with E-state index in [0.717, 1.165) is 42.3 Å². The van der Waals surface area contributed by atoms with Crippen molar-refractivity contribution in [1.29, 1.82) is 0 Å². The Kier molecular flexibility index (Phi) is 6.35. The van der Waals surface area contributed by atoms with E-state index >= 15 is 0 Å². The highest BCUT2D eigenvalue weighted by Gasteiger charge is 2.25. The molecule has 0 aliphatic carbocycles. The van der Waals surface area contributed by atoms with Crippen LogP contribution >= 0.6 is 0 Å². The standard InChI is InChI=1S/C23H23F2N5O/c24-17-5-3-6-18(25)23(17)27-15-22(31)30-13-10-16(11-14-30)19-7-4-9-21(28-19)29-20-8-1-2-12-26-20/h1-9,12,16,27H,10-11,13-15H2,(H,26,28,29). The summed E-state index contributed by atoms with van der Waals surface area (Å²) in [6.45, 7) is 0.999. The van der Waals surface area contributed by atoms with Gasteiger partial charge in [0.05, 0.1) is 6.54 Å².